The first-order valence-electron chi connectivity index (χ1n) is 8.50. The molecule has 0 aromatic carbocycles. The quantitative estimate of drug-likeness (QED) is 0.775. The highest BCUT2D eigenvalue weighted by Gasteiger charge is 2.39. The summed E-state index contributed by atoms with van der Waals surface area (Å²) in [6.07, 6.45) is 11.8. The Morgan fingerprint density at radius 2 is 1.89 bits per heavy atom. The van der Waals surface area contributed by atoms with Crippen LogP contribution in [0.25, 0.3) is 0 Å². The molecule has 1 saturated carbocycles. The average Bonchev–Trinajstić information content (AvgIpc) is 2.76. The van der Waals surface area contributed by atoms with Gasteiger partial charge in [0.25, 0.3) is 0 Å². The molecule has 2 fully saturated rings. The molecule has 1 saturated heterocycles. The topological polar surface area (TPSA) is 21.3 Å². The van der Waals surface area contributed by atoms with Crippen LogP contribution < -0.4 is 5.32 Å². The van der Waals surface area contributed by atoms with E-state index < -0.39 is 0 Å². The van der Waals surface area contributed by atoms with E-state index in [1.807, 2.05) is 0 Å². The van der Waals surface area contributed by atoms with Crippen molar-refractivity contribution < 1.29 is 4.74 Å². The van der Waals surface area contributed by atoms with E-state index in [2.05, 4.69) is 26.1 Å². The lowest BCUT2D eigenvalue weighted by molar-refractivity contribution is -0.0846. The van der Waals surface area contributed by atoms with E-state index >= 15 is 0 Å². The van der Waals surface area contributed by atoms with Crippen molar-refractivity contribution in [1.29, 1.82) is 0 Å². The molecule has 1 spiro atoms. The van der Waals surface area contributed by atoms with Crippen LogP contribution in [0.4, 0.5) is 0 Å². The van der Waals surface area contributed by atoms with Gasteiger partial charge in [-0.15, -0.1) is 0 Å². The van der Waals surface area contributed by atoms with E-state index in [-0.39, 0.29) is 5.60 Å². The highest BCUT2D eigenvalue weighted by Crippen LogP contribution is 2.40. The molecule has 0 radical (unpaired) electrons. The molecule has 1 heterocycles. The summed E-state index contributed by atoms with van der Waals surface area (Å²) in [6, 6.07) is 1.36. The lowest BCUT2D eigenvalue weighted by Gasteiger charge is -2.39. The smallest absolute Gasteiger partial charge is 0.0697 e. The Hall–Kier alpha value is -0.0800. The molecule has 1 aliphatic carbocycles. The summed E-state index contributed by atoms with van der Waals surface area (Å²) < 4.78 is 6.11. The molecule has 2 aliphatic rings. The summed E-state index contributed by atoms with van der Waals surface area (Å²) in [5.41, 5.74) is 0.258. The predicted molar refractivity (Wildman–Crippen MR) is 81.5 cm³/mol. The van der Waals surface area contributed by atoms with Crippen molar-refractivity contribution in [2.75, 3.05) is 6.61 Å². The largest absolute Gasteiger partial charge is 0.375 e. The molecule has 0 aromatic rings. The number of hydrogen-bond acceptors (Lipinski definition) is 2. The molecule has 0 aromatic heterocycles. The third kappa shape index (κ3) is 4.75. The van der Waals surface area contributed by atoms with E-state index in [0.29, 0.717) is 12.1 Å². The first kappa shape index (κ1) is 15.3. The fourth-order valence-electron chi connectivity index (χ4n) is 3.86. The summed E-state index contributed by atoms with van der Waals surface area (Å²) in [4.78, 5) is 0. The molecular weight excluding hydrogens is 234 g/mol. The van der Waals surface area contributed by atoms with Gasteiger partial charge < -0.3 is 10.1 Å². The Balaban J connectivity index is 1.69. The van der Waals surface area contributed by atoms with Gasteiger partial charge in [0.05, 0.1) is 5.60 Å². The van der Waals surface area contributed by atoms with Crippen molar-refractivity contribution in [3.8, 4) is 0 Å². The highest BCUT2D eigenvalue weighted by molar-refractivity contribution is 4.93. The zero-order valence-corrected chi connectivity index (χ0v) is 13.2. The van der Waals surface area contributed by atoms with Crippen molar-refractivity contribution in [3.63, 3.8) is 0 Å². The van der Waals surface area contributed by atoms with Crippen LogP contribution >= 0.6 is 0 Å². The summed E-state index contributed by atoms with van der Waals surface area (Å²) in [5.74, 6) is 0.844. The Morgan fingerprint density at radius 3 is 2.58 bits per heavy atom. The van der Waals surface area contributed by atoms with Crippen molar-refractivity contribution in [1.82, 2.24) is 5.32 Å². The molecule has 19 heavy (non-hydrogen) atoms. The van der Waals surface area contributed by atoms with E-state index in [9.17, 15) is 0 Å². The molecule has 1 N–H and O–H groups in total. The Bertz CT molecular complexity index is 258. The van der Waals surface area contributed by atoms with E-state index in [1.54, 1.807) is 0 Å². The minimum atomic E-state index is 0.258. The van der Waals surface area contributed by atoms with Gasteiger partial charge in [-0.05, 0) is 44.9 Å². The van der Waals surface area contributed by atoms with Crippen LogP contribution in [0.15, 0.2) is 0 Å². The molecule has 2 nitrogen and oxygen atoms in total. The van der Waals surface area contributed by atoms with Crippen LogP contribution in [0.5, 0.6) is 0 Å². The molecule has 0 bridgehead atoms. The Morgan fingerprint density at radius 1 is 1.16 bits per heavy atom. The highest BCUT2D eigenvalue weighted by atomic mass is 16.5. The van der Waals surface area contributed by atoms with Crippen LogP contribution in [0.2, 0.25) is 0 Å². The van der Waals surface area contributed by atoms with Crippen LogP contribution in [0.3, 0.4) is 0 Å². The van der Waals surface area contributed by atoms with Gasteiger partial charge in [0, 0.05) is 18.7 Å². The zero-order valence-electron chi connectivity index (χ0n) is 13.2. The maximum absolute atomic E-state index is 6.11. The normalized spacial score (nSPS) is 28.1. The Labute approximate surface area is 119 Å². The number of ether oxygens (including phenoxy) is 1. The van der Waals surface area contributed by atoms with Crippen molar-refractivity contribution in [2.24, 2.45) is 5.92 Å². The molecule has 2 unspecified atom stereocenters. The van der Waals surface area contributed by atoms with Crippen molar-refractivity contribution in [2.45, 2.75) is 96.2 Å². The molecule has 0 amide bonds. The average molecular weight is 267 g/mol. The van der Waals surface area contributed by atoms with E-state index in [1.165, 1.54) is 57.8 Å². The molecule has 1 aliphatic heterocycles. The molecule has 2 rings (SSSR count). The van der Waals surface area contributed by atoms with Gasteiger partial charge in [-0.3, -0.25) is 0 Å². The Kier molecular flexibility index (Phi) is 5.70. The molecule has 2 atom stereocenters. The lowest BCUT2D eigenvalue weighted by Crippen LogP contribution is -2.48. The van der Waals surface area contributed by atoms with Gasteiger partial charge in [-0.25, -0.2) is 0 Å². The first-order valence-corrected chi connectivity index (χ1v) is 8.50. The maximum atomic E-state index is 6.11. The predicted octanol–water partition coefficient (Wildman–Crippen LogP) is 4.28. The van der Waals surface area contributed by atoms with Gasteiger partial charge in [0.1, 0.15) is 0 Å². The fraction of sp³-hybridized carbons (Fsp3) is 1.00. The third-order valence-electron chi connectivity index (χ3n) is 4.95. The summed E-state index contributed by atoms with van der Waals surface area (Å²) in [6.45, 7) is 7.97. The number of rotatable bonds is 6. The lowest BCUT2D eigenvalue weighted by atomic mass is 9.88. The molecule has 112 valence electrons. The van der Waals surface area contributed by atoms with Gasteiger partial charge in [0.15, 0.2) is 0 Å². The first-order chi connectivity index (χ1) is 9.10. The van der Waals surface area contributed by atoms with Crippen molar-refractivity contribution >= 4 is 0 Å². The summed E-state index contributed by atoms with van der Waals surface area (Å²) >= 11 is 0. The second-order valence-electron chi connectivity index (χ2n) is 7.32. The third-order valence-corrected chi connectivity index (χ3v) is 4.95. The van der Waals surface area contributed by atoms with E-state index in [0.717, 1.165) is 12.5 Å². The van der Waals surface area contributed by atoms with E-state index in [4.69, 9.17) is 4.74 Å². The number of nitrogens with one attached hydrogen (secondary N) is 1. The summed E-state index contributed by atoms with van der Waals surface area (Å²) in [7, 11) is 0. The molecule has 2 heteroatoms. The second kappa shape index (κ2) is 7.08. The van der Waals surface area contributed by atoms with Crippen LogP contribution in [0.1, 0.15) is 78.6 Å². The standard InChI is InChI=1S/C17H33NO/c1-14(2)7-6-8-15(3)18-16-9-12-19-17(13-16)10-4-5-11-17/h14-16,18H,4-13H2,1-3H3. The van der Waals surface area contributed by atoms with Gasteiger partial charge in [-0.2, -0.15) is 0 Å². The van der Waals surface area contributed by atoms with Gasteiger partial charge in [0.2, 0.25) is 0 Å². The summed E-state index contributed by atoms with van der Waals surface area (Å²) in [5, 5.41) is 3.86. The maximum Gasteiger partial charge on any atom is 0.0697 e. The zero-order chi connectivity index (χ0) is 13.7. The minimum Gasteiger partial charge on any atom is -0.375 e. The van der Waals surface area contributed by atoms with Crippen LogP contribution in [-0.4, -0.2) is 24.3 Å². The van der Waals surface area contributed by atoms with Crippen molar-refractivity contribution in [3.05, 3.63) is 0 Å². The van der Waals surface area contributed by atoms with Gasteiger partial charge in [-0.1, -0.05) is 39.5 Å². The monoisotopic (exact) mass is 267 g/mol. The minimum absolute atomic E-state index is 0.258. The fourth-order valence-corrected chi connectivity index (χ4v) is 3.86. The SMILES string of the molecule is CC(C)CCCC(C)NC1CCOC2(CCCC2)C1. The molecular formula is C17H33NO. The van der Waals surface area contributed by atoms with Crippen LogP contribution in [0, 0.1) is 5.92 Å². The number of hydrogen-bond donors (Lipinski definition) is 1. The van der Waals surface area contributed by atoms with Crippen LogP contribution in [-0.2, 0) is 4.74 Å². The second-order valence-corrected chi connectivity index (χ2v) is 7.32. The van der Waals surface area contributed by atoms with Gasteiger partial charge >= 0.3 is 0 Å².